The third-order valence-electron chi connectivity index (χ3n) is 4.10. The fourth-order valence-corrected chi connectivity index (χ4v) is 4.90. The molecular weight excluding hydrogens is 396 g/mol. The molecule has 0 aromatic carbocycles. The minimum atomic E-state index is -3.44. The van der Waals surface area contributed by atoms with E-state index < -0.39 is 21.5 Å². The summed E-state index contributed by atoms with van der Waals surface area (Å²) in [5, 5.41) is 18.7. The molecule has 154 valence electrons. The lowest BCUT2D eigenvalue weighted by atomic mass is 9.97. The number of thiophene rings is 1. The van der Waals surface area contributed by atoms with Crippen LogP contribution in [0, 0.1) is 0 Å². The van der Waals surface area contributed by atoms with Crippen LogP contribution in [0.3, 0.4) is 0 Å². The van der Waals surface area contributed by atoms with Gasteiger partial charge in [0.1, 0.15) is 4.21 Å². The summed E-state index contributed by atoms with van der Waals surface area (Å²) in [7, 11) is -3.44. The molecule has 2 rings (SSSR count). The van der Waals surface area contributed by atoms with E-state index in [0.29, 0.717) is 10.6 Å². The largest absolute Gasteiger partial charge is 0.385 e. The summed E-state index contributed by atoms with van der Waals surface area (Å²) in [5.74, 6) is 0.243. The van der Waals surface area contributed by atoms with Crippen molar-refractivity contribution >= 4 is 33.0 Å². The number of carbonyl (C=O) groups excluding carboxylic acids is 1. The summed E-state index contributed by atoms with van der Waals surface area (Å²) in [6.07, 6.45) is 1.72. The van der Waals surface area contributed by atoms with Crippen molar-refractivity contribution in [2.24, 2.45) is 9.50 Å². The van der Waals surface area contributed by atoms with E-state index in [2.05, 4.69) is 14.7 Å². The SMILES string of the molecule is CC(C)c1ccnc(C(C)C)c1NC(=O)N=S(N)(=O)c1ccc(C(C)(C)O)s1. The first-order chi connectivity index (χ1) is 12.8. The van der Waals surface area contributed by atoms with Gasteiger partial charge in [0.05, 0.1) is 17.0 Å². The average molecular weight is 425 g/mol. The van der Waals surface area contributed by atoms with E-state index in [9.17, 15) is 14.1 Å². The molecule has 0 saturated heterocycles. The molecule has 0 saturated carbocycles. The fraction of sp³-hybridized carbons (Fsp3) is 0.474. The number of amides is 2. The van der Waals surface area contributed by atoms with Crippen molar-refractivity contribution in [2.75, 3.05) is 5.32 Å². The number of pyridine rings is 1. The highest BCUT2D eigenvalue weighted by atomic mass is 32.2. The number of rotatable bonds is 5. The molecule has 0 aliphatic heterocycles. The molecule has 0 spiro atoms. The van der Waals surface area contributed by atoms with Gasteiger partial charge in [0.2, 0.25) is 0 Å². The normalized spacial score (nSPS) is 14.2. The highest BCUT2D eigenvalue weighted by Crippen LogP contribution is 2.32. The third kappa shape index (κ3) is 5.16. The van der Waals surface area contributed by atoms with Crippen molar-refractivity contribution in [3.05, 3.63) is 40.5 Å². The molecule has 0 aliphatic rings. The lowest BCUT2D eigenvalue weighted by molar-refractivity contribution is 0.0825. The zero-order valence-corrected chi connectivity index (χ0v) is 18.6. The van der Waals surface area contributed by atoms with Crippen LogP contribution in [0.5, 0.6) is 0 Å². The zero-order chi connectivity index (χ0) is 21.3. The number of nitrogens with zero attached hydrogens (tertiary/aromatic N) is 2. The first-order valence-electron chi connectivity index (χ1n) is 9.00. The van der Waals surface area contributed by atoms with Crippen molar-refractivity contribution in [1.29, 1.82) is 0 Å². The maximum atomic E-state index is 12.8. The Morgan fingerprint density at radius 2 is 1.89 bits per heavy atom. The minimum Gasteiger partial charge on any atom is -0.385 e. The van der Waals surface area contributed by atoms with Crippen molar-refractivity contribution in [3.8, 4) is 0 Å². The fourth-order valence-electron chi connectivity index (χ4n) is 2.65. The number of aromatic nitrogens is 1. The van der Waals surface area contributed by atoms with E-state index >= 15 is 0 Å². The monoisotopic (exact) mass is 424 g/mol. The van der Waals surface area contributed by atoms with E-state index in [0.717, 1.165) is 22.6 Å². The van der Waals surface area contributed by atoms with Crippen LogP contribution in [-0.4, -0.2) is 20.3 Å². The topological polar surface area (TPSA) is 118 Å². The van der Waals surface area contributed by atoms with Crippen LogP contribution in [0.4, 0.5) is 10.5 Å². The molecule has 7 nitrogen and oxygen atoms in total. The molecule has 28 heavy (non-hydrogen) atoms. The van der Waals surface area contributed by atoms with Gasteiger partial charge < -0.3 is 10.4 Å². The Morgan fingerprint density at radius 1 is 1.25 bits per heavy atom. The van der Waals surface area contributed by atoms with Gasteiger partial charge in [-0.1, -0.05) is 27.7 Å². The van der Waals surface area contributed by atoms with Crippen LogP contribution >= 0.6 is 11.3 Å². The molecule has 1 unspecified atom stereocenters. The number of carbonyl (C=O) groups is 1. The molecule has 0 fully saturated rings. The molecule has 2 aromatic heterocycles. The number of anilines is 1. The van der Waals surface area contributed by atoms with Gasteiger partial charge in [0.15, 0.2) is 9.92 Å². The predicted molar refractivity (Wildman–Crippen MR) is 114 cm³/mol. The smallest absolute Gasteiger partial charge is 0.354 e. The molecule has 2 heterocycles. The van der Waals surface area contributed by atoms with Gasteiger partial charge in [0.25, 0.3) is 0 Å². The van der Waals surface area contributed by atoms with Gasteiger partial charge in [-0.3, -0.25) is 4.98 Å². The number of hydrogen-bond donors (Lipinski definition) is 3. The maximum Gasteiger partial charge on any atom is 0.354 e. The van der Waals surface area contributed by atoms with Crippen molar-refractivity contribution in [3.63, 3.8) is 0 Å². The Morgan fingerprint density at radius 3 is 2.39 bits per heavy atom. The van der Waals surface area contributed by atoms with Crippen molar-refractivity contribution < 1.29 is 14.1 Å². The number of hydrogen-bond acceptors (Lipinski definition) is 5. The molecule has 4 N–H and O–H groups in total. The number of aliphatic hydroxyl groups is 1. The molecule has 9 heteroatoms. The second-order valence-corrected chi connectivity index (χ2v) is 10.8. The lowest BCUT2D eigenvalue weighted by Crippen LogP contribution is -2.19. The Bertz CT molecular complexity index is 955. The van der Waals surface area contributed by atoms with Crippen LogP contribution in [-0.2, 0) is 15.5 Å². The Balaban J connectivity index is 2.40. The summed E-state index contributed by atoms with van der Waals surface area (Å²) >= 11 is 1.07. The number of nitrogens with one attached hydrogen (secondary N) is 1. The van der Waals surface area contributed by atoms with Crippen LogP contribution in [0.15, 0.2) is 33.0 Å². The summed E-state index contributed by atoms with van der Waals surface area (Å²) < 4.78 is 16.8. The van der Waals surface area contributed by atoms with E-state index in [1.807, 2.05) is 33.8 Å². The van der Waals surface area contributed by atoms with E-state index in [1.54, 1.807) is 26.1 Å². The summed E-state index contributed by atoms with van der Waals surface area (Å²) in [6, 6.07) is 4.22. The molecule has 0 aliphatic carbocycles. The summed E-state index contributed by atoms with van der Waals surface area (Å²) in [6.45, 7) is 11.2. The zero-order valence-electron chi connectivity index (χ0n) is 17.0. The Labute approximate surface area is 170 Å². The predicted octanol–water partition coefficient (Wildman–Crippen LogP) is 4.55. The minimum absolute atomic E-state index is 0.0860. The van der Waals surface area contributed by atoms with Crippen LogP contribution in [0.1, 0.15) is 69.5 Å². The van der Waals surface area contributed by atoms with Crippen molar-refractivity contribution in [1.82, 2.24) is 4.98 Å². The van der Waals surface area contributed by atoms with Gasteiger partial charge in [-0.25, -0.2) is 14.1 Å². The lowest BCUT2D eigenvalue weighted by Gasteiger charge is -2.18. The van der Waals surface area contributed by atoms with Gasteiger partial charge in [-0.2, -0.15) is 0 Å². The Hall–Kier alpha value is -1.81. The van der Waals surface area contributed by atoms with Crippen LogP contribution in [0.2, 0.25) is 0 Å². The molecular formula is C19H28N4O3S2. The maximum absolute atomic E-state index is 12.8. The molecule has 1 atom stereocenters. The Kier molecular flexibility index (Phi) is 6.65. The van der Waals surface area contributed by atoms with Gasteiger partial charge >= 0.3 is 6.03 Å². The van der Waals surface area contributed by atoms with Gasteiger partial charge in [-0.15, -0.1) is 15.7 Å². The van der Waals surface area contributed by atoms with Gasteiger partial charge in [-0.05, 0) is 49.4 Å². The average Bonchev–Trinajstić information content (AvgIpc) is 3.05. The van der Waals surface area contributed by atoms with E-state index in [4.69, 9.17) is 5.14 Å². The second-order valence-electron chi connectivity index (χ2n) is 7.74. The number of nitrogens with two attached hydrogens (primary N) is 1. The highest BCUT2D eigenvalue weighted by molar-refractivity contribution is 7.93. The first kappa shape index (κ1) is 22.5. The van der Waals surface area contributed by atoms with E-state index in [-0.39, 0.29) is 16.0 Å². The molecule has 2 amide bonds. The standard InChI is InChI=1S/C19H28N4O3S2/c1-11(2)13-9-10-21-16(12(3)4)17(13)22-18(24)23-28(20,26)15-8-7-14(27-15)19(5,6)25/h7-12,25H,1-6H3,(H3,20,22,23,24,26). The summed E-state index contributed by atoms with van der Waals surface area (Å²) in [4.78, 5) is 17.5. The molecule has 0 bridgehead atoms. The van der Waals surface area contributed by atoms with Crippen LogP contribution in [0.25, 0.3) is 0 Å². The first-order valence-corrected chi connectivity index (χ1v) is 11.4. The third-order valence-corrected chi connectivity index (χ3v) is 7.41. The highest BCUT2D eigenvalue weighted by Gasteiger charge is 2.22. The molecule has 2 aromatic rings. The molecule has 0 radical (unpaired) electrons. The van der Waals surface area contributed by atoms with Crippen LogP contribution < -0.4 is 10.5 Å². The van der Waals surface area contributed by atoms with Crippen molar-refractivity contribution in [2.45, 2.75) is 63.2 Å². The second kappa shape index (κ2) is 8.28. The van der Waals surface area contributed by atoms with E-state index in [1.165, 1.54) is 6.07 Å². The number of urea groups is 1. The summed E-state index contributed by atoms with van der Waals surface area (Å²) in [5.41, 5.74) is 1.15. The quantitative estimate of drug-likeness (QED) is 0.652. The van der Waals surface area contributed by atoms with Gasteiger partial charge in [0, 0.05) is 11.1 Å².